The highest BCUT2D eigenvalue weighted by Gasteiger charge is 2.44. The van der Waals surface area contributed by atoms with Crippen molar-refractivity contribution in [1.29, 1.82) is 0 Å². The third-order valence-electron chi connectivity index (χ3n) is 3.28. The number of nitrogens with two attached hydrogens (primary N) is 1. The van der Waals surface area contributed by atoms with Crippen LogP contribution in [0.4, 0.5) is 5.69 Å². The number of nitrogens with zero attached hydrogens (tertiary/aromatic N) is 1. The van der Waals surface area contributed by atoms with E-state index in [-0.39, 0.29) is 0 Å². The van der Waals surface area contributed by atoms with Gasteiger partial charge in [0.15, 0.2) is 0 Å². The highest BCUT2D eigenvalue weighted by atomic mass is 16.1. The number of anilines is 1. The van der Waals surface area contributed by atoms with Crippen LogP contribution in [-0.4, -0.2) is 17.4 Å². The van der Waals surface area contributed by atoms with Crippen molar-refractivity contribution in [3.63, 3.8) is 0 Å². The van der Waals surface area contributed by atoms with Crippen LogP contribution in [0.5, 0.6) is 0 Å². The smallest absolute Gasteiger partial charge is 0.267 e. The van der Waals surface area contributed by atoms with Crippen LogP contribution in [0.3, 0.4) is 0 Å². The Morgan fingerprint density at radius 1 is 1.69 bits per heavy atom. The largest absolute Gasteiger partial charge is 0.385 e. The molecule has 1 aromatic heterocycles. The van der Waals surface area contributed by atoms with Crippen LogP contribution in [0.25, 0.3) is 0 Å². The van der Waals surface area contributed by atoms with E-state index in [1.165, 1.54) is 6.42 Å². The van der Waals surface area contributed by atoms with Gasteiger partial charge in [-0.15, -0.1) is 0 Å². The SMILES string of the molecule is CC1(C)CC1CNc1ccnc(C(N)=O)c1. The fraction of sp³-hybridized carbons (Fsp3) is 0.500. The second kappa shape index (κ2) is 3.77. The second-order valence-corrected chi connectivity index (χ2v) is 5.06. The second-order valence-electron chi connectivity index (χ2n) is 5.06. The lowest BCUT2D eigenvalue weighted by Crippen LogP contribution is -2.14. The Morgan fingerprint density at radius 3 is 2.94 bits per heavy atom. The van der Waals surface area contributed by atoms with Crippen LogP contribution in [0.2, 0.25) is 0 Å². The number of rotatable bonds is 4. The maximum absolute atomic E-state index is 10.9. The normalized spacial score (nSPS) is 21.5. The number of nitrogens with one attached hydrogen (secondary N) is 1. The molecule has 1 aliphatic rings. The third-order valence-corrected chi connectivity index (χ3v) is 3.28. The van der Waals surface area contributed by atoms with Crippen LogP contribution >= 0.6 is 0 Å². The Balaban J connectivity index is 1.95. The average molecular weight is 219 g/mol. The summed E-state index contributed by atoms with van der Waals surface area (Å²) in [7, 11) is 0. The van der Waals surface area contributed by atoms with Gasteiger partial charge in [0.05, 0.1) is 0 Å². The molecule has 0 spiro atoms. The van der Waals surface area contributed by atoms with Crippen LogP contribution in [-0.2, 0) is 0 Å². The first-order valence-corrected chi connectivity index (χ1v) is 5.49. The zero-order chi connectivity index (χ0) is 11.8. The summed E-state index contributed by atoms with van der Waals surface area (Å²) in [6.07, 6.45) is 2.86. The Kier molecular flexibility index (Phi) is 2.58. The number of primary amides is 1. The molecule has 1 saturated carbocycles. The molecule has 0 aromatic carbocycles. The van der Waals surface area contributed by atoms with Gasteiger partial charge in [0.2, 0.25) is 0 Å². The predicted octanol–water partition coefficient (Wildman–Crippen LogP) is 1.64. The molecule has 1 aromatic rings. The van der Waals surface area contributed by atoms with Gasteiger partial charge in [-0.3, -0.25) is 9.78 Å². The Hall–Kier alpha value is -1.58. The van der Waals surface area contributed by atoms with Crippen molar-refractivity contribution >= 4 is 11.6 Å². The molecule has 1 amide bonds. The number of aromatic nitrogens is 1. The molecule has 0 radical (unpaired) electrons. The lowest BCUT2D eigenvalue weighted by Gasteiger charge is -2.08. The molecule has 1 heterocycles. The zero-order valence-corrected chi connectivity index (χ0v) is 9.66. The lowest BCUT2D eigenvalue weighted by molar-refractivity contribution is 0.0995. The Bertz CT molecular complexity index is 414. The van der Waals surface area contributed by atoms with Crippen LogP contribution < -0.4 is 11.1 Å². The predicted molar refractivity (Wildman–Crippen MR) is 63.1 cm³/mol. The summed E-state index contributed by atoms with van der Waals surface area (Å²) < 4.78 is 0. The molecular formula is C12H17N3O. The molecule has 4 heteroatoms. The summed E-state index contributed by atoms with van der Waals surface area (Å²) in [6, 6.07) is 3.54. The minimum atomic E-state index is -0.490. The molecule has 1 fully saturated rings. The summed E-state index contributed by atoms with van der Waals surface area (Å²) in [5.41, 5.74) is 6.84. The van der Waals surface area contributed by atoms with Crippen molar-refractivity contribution in [2.75, 3.05) is 11.9 Å². The van der Waals surface area contributed by atoms with Crippen LogP contribution in [0.1, 0.15) is 30.8 Å². The Labute approximate surface area is 95.3 Å². The fourth-order valence-electron chi connectivity index (χ4n) is 1.84. The first kappa shape index (κ1) is 10.9. The highest BCUT2D eigenvalue weighted by Crippen LogP contribution is 2.51. The number of pyridine rings is 1. The standard InChI is InChI=1S/C12H17N3O/c1-12(2)6-8(12)7-15-9-3-4-14-10(5-9)11(13)16/h3-5,8H,6-7H2,1-2H3,(H2,13,16)(H,14,15). The van der Waals surface area contributed by atoms with Crippen molar-refractivity contribution in [3.05, 3.63) is 24.0 Å². The number of carbonyl (C=O) groups excluding carboxylic acids is 1. The summed E-state index contributed by atoms with van der Waals surface area (Å²) in [5.74, 6) is 0.230. The van der Waals surface area contributed by atoms with Gasteiger partial charge in [-0.2, -0.15) is 0 Å². The van der Waals surface area contributed by atoms with Crippen molar-refractivity contribution in [2.45, 2.75) is 20.3 Å². The average Bonchev–Trinajstić information content (AvgIpc) is 2.84. The summed E-state index contributed by atoms with van der Waals surface area (Å²) >= 11 is 0. The lowest BCUT2D eigenvalue weighted by atomic mass is 10.1. The van der Waals surface area contributed by atoms with E-state index >= 15 is 0 Å². The molecule has 16 heavy (non-hydrogen) atoms. The maximum atomic E-state index is 10.9. The van der Waals surface area contributed by atoms with Crippen molar-refractivity contribution < 1.29 is 4.79 Å². The summed E-state index contributed by atoms with van der Waals surface area (Å²) in [6.45, 7) is 5.47. The molecule has 1 atom stereocenters. The van der Waals surface area contributed by atoms with E-state index in [0.29, 0.717) is 11.1 Å². The molecule has 0 bridgehead atoms. The molecule has 2 rings (SSSR count). The molecule has 1 aliphatic carbocycles. The zero-order valence-electron chi connectivity index (χ0n) is 9.66. The summed E-state index contributed by atoms with van der Waals surface area (Å²) in [5, 5.41) is 3.31. The summed E-state index contributed by atoms with van der Waals surface area (Å²) in [4.78, 5) is 14.8. The molecule has 3 N–H and O–H groups in total. The molecule has 1 unspecified atom stereocenters. The minimum Gasteiger partial charge on any atom is -0.385 e. The van der Waals surface area contributed by atoms with Crippen LogP contribution in [0.15, 0.2) is 18.3 Å². The highest BCUT2D eigenvalue weighted by molar-refractivity contribution is 5.91. The first-order chi connectivity index (χ1) is 7.49. The molecule has 0 aliphatic heterocycles. The minimum absolute atomic E-state index is 0.306. The third kappa shape index (κ3) is 2.32. The van der Waals surface area contributed by atoms with E-state index in [9.17, 15) is 4.79 Å². The number of hydrogen-bond donors (Lipinski definition) is 2. The van der Waals surface area contributed by atoms with Gasteiger partial charge in [-0.05, 0) is 29.9 Å². The van der Waals surface area contributed by atoms with E-state index in [4.69, 9.17) is 5.73 Å². The molecule has 4 nitrogen and oxygen atoms in total. The van der Waals surface area contributed by atoms with Gasteiger partial charge in [-0.25, -0.2) is 0 Å². The van der Waals surface area contributed by atoms with E-state index in [2.05, 4.69) is 24.1 Å². The van der Waals surface area contributed by atoms with Crippen molar-refractivity contribution in [3.8, 4) is 0 Å². The fourth-order valence-corrected chi connectivity index (χ4v) is 1.84. The van der Waals surface area contributed by atoms with Crippen molar-refractivity contribution in [2.24, 2.45) is 17.1 Å². The number of hydrogen-bond acceptors (Lipinski definition) is 3. The first-order valence-electron chi connectivity index (χ1n) is 5.49. The molecule has 0 saturated heterocycles. The van der Waals surface area contributed by atoms with Gasteiger partial charge < -0.3 is 11.1 Å². The monoisotopic (exact) mass is 219 g/mol. The van der Waals surface area contributed by atoms with Gasteiger partial charge in [0.25, 0.3) is 5.91 Å². The number of carbonyl (C=O) groups is 1. The van der Waals surface area contributed by atoms with Gasteiger partial charge >= 0.3 is 0 Å². The molecule has 86 valence electrons. The number of amides is 1. The van der Waals surface area contributed by atoms with Crippen LogP contribution in [0, 0.1) is 11.3 Å². The van der Waals surface area contributed by atoms with E-state index in [1.54, 1.807) is 12.3 Å². The van der Waals surface area contributed by atoms with E-state index < -0.39 is 5.91 Å². The van der Waals surface area contributed by atoms with Gasteiger partial charge in [0, 0.05) is 18.4 Å². The van der Waals surface area contributed by atoms with Gasteiger partial charge in [0.1, 0.15) is 5.69 Å². The van der Waals surface area contributed by atoms with E-state index in [0.717, 1.165) is 18.2 Å². The topological polar surface area (TPSA) is 68.0 Å². The maximum Gasteiger partial charge on any atom is 0.267 e. The van der Waals surface area contributed by atoms with Gasteiger partial charge in [-0.1, -0.05) is 13.8 Å². The quantitative estimate of drug-likeness (QED) is 0.808. The van der Waals surface area contributed by atoms with E-state index in [1.807, 2.05) is 6.07 Å². The Morgan fingerprint density at radius 2 is 2.38 bits per heavy atom. The van der Waals surface area contributed by atoms with Crippen molar-refractivity contribution in [1.82, 2.24) is 4.98 Å². The molecular weight excluding hydrogens is 202 g/mol.